The third-order valence-electron chi connectivity index (χ3n) is 4.51. The molecule has 2 aliphatic heterocycles. The van der Waals surface area contributed by atoms with Crippen LogP contribution in [0.3, 0.4) is 0 Å². The number of hydrogen-bond donors (Lipinski definition) is 0. The molecular weight excluding hydrogens is 338 g/mol. The minimum atomic E-state index is -3.57. The third kappa shape index (κ3) is 2.36. The van der Waals surface area contributed by atoms with E-state index in [-0.39, 0.29) is 23.1 Å². The zero-order valence-corrected chi connectivity index (χ0v) is 14.6. The van der Waals surface area contributed by atoms with Crippen molar-refractivity contribution in [2.75, 3.05) is 0 Å². The van der Waals surface area contributed by atoms with Crippen molar-refractivity contribution in [1.82, 2.24) is 4.31 Å². The molecule has 1 aliphatic carbocycles. The Kier molecular flexibility index (Phi) is 3.26. The lowest BCUT2D eigenvalue weighted by Gasteiger charge is -2.18. The van der Waals surface area contributed by atoms with E-state index in [0.717, 1.165) is 5.56 Å². The minimum Gasteiger partial charge on any atom is -0.342 e. The van der Waals surface area contributed by atoms with Gasteiger partial charge in [0.05, 0.1) is 17.0 Å². The fourth-order valence-corrected chi connectivity index (χ4v) is 5.46. The molecule has 7 heteroatoms. The van der Waals surface area contributed by atoms with Crippen LogP contribution in [0.1, 0.15) is 19.4 Å². The molecule has 23 heavy (non-hydrogen) atoms. The van der Waals surface area contributed by atoms with E-state index in [1.807, 2.05) is 20.8 Å². The van der Waals surface area contributed by atoms with Gasteiger partial charge in [-0.15, -0.1) is 0 Å². The van der Waals surface area contributed by atoms with Crippen LogP contribution in [0.25, 0.3) is 0 Å². The summed E-state index contributed by atoms with van der Waals surface area (Å²) in [6, 6.07) is 6.35. The van der Waals surface area contributed by atoms with E-state index in [0.29, 0.717) is 5.03 Å². The van der Waals surface area contributed by atoms with Gasteiger partial charge in [-0.05, 0) is 39.0 Å². The van der Waals surface area contributed by atoms with Crippen molar-refractivity contribution >= 4 is 21.6 Å². The summed E-state index contributed by atoms with van der Waals surface area (Å²) in [5.74, 6) is -0.764. The van der Waals surface area contributed by atoms with Crippen LogP contribution in [0.5, 0.6) is 0 Å². The van der Waals surface area contributed by atoms with Gasteiger partial charge in [0.15, 0.2) is 5.79 Å². The van der Waals surface area contributed by atoms with Gasteiger partial charge in [-0.25, -0.2) is 8.42 Å². The lowest BCUT2D eigenvalue weighted by molar-refractivity contribution is -0.143. The molecule has 0 spiro atoms. The third-order valence-corrected chi connectivity index (χ3v) is 6.76. The molecule has 4 rings (SSSR count). The van der Waals surface area contributed by atoms with Crippen molar-refractivity contribution in [2.45, 2.75) is 55.7 Å². The molecule has 0 aromatic heterocycles. The van der Waals surface area contributed by atoms with Crippen LogP contribution in [0, 0.1) is 6.92 Å². The van der Waals surface area contributed by atoms with E-state index in [2.05, 4.69) is 0 Å². The number of hydrogen-bond acceptors (Lipinski definition) is 4. The summed E-state index contributed by atoms with van der Waals surface area (Å²) in [7, 11) is -3.57. The lowest BCUT2D eigenvalue weighted by Crippen LogP contribution is -2.34. The molecule has 1 aromatic rings. The largest absolute Gasteiger partial charge is 0.342 e. The molecule has 1 unspecified atom stereocenters. The molecule has 3 aliphatic rings. The maximum atomic E-state index is 12.9. The lowest BCUT2D eigenvalue weighted by atomic mass is 10.0. The summed E-state index contributed by atoms with van der Waals surface area (Å²) < 4.78 is 38.9. The zero-order valence-electron chi connectivity index (χ0n) is 13.1. The molecule has 0 bridgehead atoms. The fraction of sp³-hybridized carbons (Fsp3) is 0.500. The van der Waals surface area contributed by atoms with Crippen LogP contribution >= 0.6 is 11.6 Å². The highest BCUT2D eigenvalue weighted by Gasteiger charge is 2.66. The summed E-state index contributed by atoms with van der Waals surface area (Å²) in [5, 5.41) is 0.517. The molecule has 5 nitrogen and oxygen atoms in total. The van der Waals surface area contributed by atoms with E-state index >= 15 is 0 Å². The van der Waals surface area contributed by atoms with E-state index in [4.69, 9.17) is 21.1 Å². The normalized spacial score (nSPS) is 37.7. The summed E-state index contributed by atoms with van der Waals surface area (Å²) in [6.07, 6.45) is 1.00. The Morgan fingerprint density at radius 2 is 1.83 bits per heavy atom. The number of ether oxygens (including phenoxy) is 2. The average molecular weight is 356 g/mol. The SMILES string of the molecule is Cc1ccc(S(=O)(=O)N2[C@H]3[C@@H]4OC(C)(C)O[C@@H]4C(Cl)=C[C@H]32)cc1. The van der Waals surface area contributed by atoms with E-state index in [9.17, 15) is 8.42 Å². The number of aryl methyl sites for hydroxylation is 1. The van der Waals surface area contributed by atoms with Crippen molar-refractivity contribution in [3.8, 4) is 0 Å². The van der Waals surface area contributed by atoms with Gasteiger partial charge >= 0.3 is 0 Å². The van der Waals surface area contributed by atoms with Gasteiger partial charge in [-0.2, -0.15) is 4.31 Å². The molecule has 0 radical (unpaired) electrons. The van der Waals surface area contributed by atoms with Crippen molar-refractivity contribution < 1.29 is 17.9 Å². The Hall–Kier alpha value is -0.920. The maximum Gasteiger partial charge on any atom is 0.244 e. The second-order valence-corrected chi connectivity index (χ2v) is 8.98. The molecule has 2 heterocycles. The Morgan fingerprint density at radius 1 is 1.17 bits per heavy atom. The first-order valence-corrected chi connectivity index (χ1v) is 9.36. The standard InChI is InChI=1S/C16H18ClNO4S/c1-9-4-6-10(7-5-9)23(19,20)18-12-8-11(17)14-15(13(12)18)22-16(2,3)21-14/h4-8,12-15H,1-3H3/t12-,13-,14-,15+,18?/m1/s1. The minimum absolute atomic E-state index is 0.254. The zero-order chi connectivity index (χ0) is 16.6. The number of halogens is 1. The van der Waals surface area contributed by atoms with Crippen LogP contribution < -0.4 is 0 Å². The topological polar surface area (TPSA) is 55.6 Å². The highest BCUT2D eigenvalue weighted by atomic mass is 35.5. The van der Waals surface area contributed by atoms with Crippen molar-refractivity contribution in [2.24, 2.45) is 0 Å². The molecule has 0 N–H and O–H groups in total. The van der Waals surface area contributed by atoms with E-state index in [1.54, 1.807) is 30.3 Å². The fourth-order valence-electron chi connectivity index (χ4n) is 3.42. The Balaban J connectivity index is 1.67. The highest BCUT2D eigenvalue weighted by molar-refractivity contribution is 7.89. The average Bonchev–Trinajstić information content (AvgIpc) is 3.08. The van der Waals surface area contributed by atoms with Crippen LogP contribution in [-0.4, -0.2) is 42.8 Å². The predicted molar refractivity (Wildman–Crippen MR) is 85.5 cm³/mol. The molecule has 2 fully saturated rings. The highest BCUT2D eigenvalue weighted by Crippen LogP contribution is 2.50. The quantitative estimate of drug-likeness (QED) is 0.764. The summed E-state index contributed by atoms with van der Waals surface area (Å²) in [4.78, 5) is 0.289. The number of nitrogens with zero attached hydrogens (tertiary/aromatic N) is 1. The Labute approximate surface area is 140 Å². The van der Waals surface area contributed by atoms with Crippen LogP contribution in [0.15, 0.2) is 40.3 Å². The van der Waals surface area contributed by atoms with E-state index in [1.165, 1.54) is 4.31 Å². The number of rotatable bonds is 2. The first-order chi connectivity index (χ1) is 10.7. The molecule has 5 atom stereocenters. The molecule has 2 saturated heterocycles. The number of benzene rings is 1. The van der Waals surface area contributed by atoms with Crippen molar-refractivity contribution in [3.63, 3.8) is 0 Å². The Morgan fingerprint density at radius 3 is 2.48 bits per heavy atom. The second-order valence-electron chi connectivity index (χ2n) is 6.70. The first-order valence-electron chi connectivity index (χ1n) is 7.54. The smallest absolute Gasteiger partial charge is 0.244 e. The van der Waals surface area contributed by atoms with Gasteiger partial charge in [0, 0.05) is 5.03 Å². The maximum absolute atomic E-state index is 12.9. The van der Waals surface area contributed by atoms with Crippen LogP contribution in [-0.2, 0) is 19.5 Å². The van der Waals surface area contributed by atoms with Gasteiger partial charge in [-0.3, -0.25) is 0 Å². The number of sulfonamides is 1. The van der Waals surface area contributed by atoms with Gasteiger partial charge in [0.2, 0.25) is 10.0 Å². The number of fused-ring (bicyclic) bond motifs is 3. The van der Waals surface area contributed by atoms with Gasteiger partial charge in [0.1, 0.15) is 12.2 Å². The summed E-state index contributed by atoms with van der Waals surface area (Å²) in [5.41, 5.74) is 1.02. The predicted octanol–water partition coefficient (Wildman–Crippen LogP) is 2.39. The molecule has 1 aromatic carbocycles. The summed E-state index contributed by atoms with van der Waals surface area (Å²) in [6.45, 7) is 5.55. The Bertz CT molecular complexity index is 787. The second kappa shape index (κ2) is 4.80. The van der Waals surface area contributed by atoms with Crippen LogP contribution in [0.4, 0.5) is 0 Å². The molecule has 0 saturated carbocycles. The molecular formula is C16H18ClNO4S. The van der Waals surface area contributed by atoms with E-state index < -0.39 is 21.9 Å². The molecule has 124 valence electrons. The van der Waals surface area contributed by atoms with Gasteiger partial charge < -0.3 is 9.47 Å². The monoisotopic (exact) mass is 355 g/mol. The van der Waals surface area contributed by atoms with Crippen molar-refractivity contribution in [1.29, 1.82) is 0 Å². The van der Waals surface area contributed by atoms with Crippen molar-refractivity contribution in [3.05, 3.63) is 40.9 Å². The summed E-state index contributed by atoms with van der Waals surface area (Å²) >= 11 is 6.28. The molecule has 0 amide bonds. The van der Waals surface area contributed by atoms with Gasteiger partial charge in [-0.1, -0.05) is 29.3 Å². The first kappa shape index (κ1) is 15.6. The van der Waals surface area contributed by atoms with Gasteiger partial charge in [0.25, 0.3) is 0 Å². The van der Waals surface area contributed by atoms with Crippen LogP contribution in [0.2, 0.25) is 0 Å².